The molecule has 0 atom stereocenters. The van der Waals surface area contributed by atoms with Crippen LogP contribution in [-0.2, 0) is 4.74 Å². The highest BCUT2D eigenvalue weighted by atomic mass is 19.4. The molecule has 1 aromatic carbocycles. The van der Waals surface area contributed by atoms with Crippen molar-refractivity contribution in [2.75, 3.05) is 19.8 Å². The summed E-state index contributed by atoms with van der Waals surface area (Å²) in [6.45, 7) is -4.14. The molecule has 1 aromatic rings. The smallest absolute Gasteiger partial charge is 0.422 e. The van der Waals surface area contributed by atoms with E-state index in [4.69, 9.17) is 0 Å². The first kappa shape index (κ1) is 17.3. The van der Waals surface area contributed by atoms with Crippen molar-refractivity contribution in [3.8, 4) is 5.75 Å². The molecule has 0 saturated heterocycles. The van der Waals surface area contributed by atoms with E-state index in [1.807, 2.05) is 0 Å². The number of carbonyl (C=O) groups is 1. The van der Waals surface area contributed by atoms with Crippen LogP contribution < -0.4 is 4.74 Å². The third kappa shape index (κ3) is 6.98. The maximum atomic E-state index is 12.0. The monoisotopic (exact) mass is 316 g/mol. The SMILES string of the molecule is O=C(COCC(F)(F)F)c1ccccc1OCC(F)(F)F. The third-order valence-electron chi connectivity index (χ3n) is 2.08. The van der Waals surface area contributed by atoms with E-state index in [1.165, 1.54) is 12.1 Å². The van der Waals surface area contributed by atoms with Gasteiger partial charge in [0.15, 0.2) is 12.4 Å². The third-order valence-corrected chi connectivity index (χ3v) is 2.08. The lowest BCUT2D eigenvalue weighted by Crippen LogP contribution is -2.22. The number of para-hydroxylation sites is 1. The zero-order chi connectivity index (χ0) is 16.1. The molecule has 0 saturated carbocycles. The van der Waals surface area contributed by atoms with Crippen LogP contribution in [0.3, 0.4) is 0 Å². The summed E-state index contributed by atoms with van der Waals surface area (Å²) in [6, 6.07) is 4.93. The maximum absolute atomic E-state index is 12.0. The van der Waals surface area contributed by atoms with E-state index in [-0.39, 0.29) is 11.3 Å². The first-order valence-corrected chi connectivity index (χ1v) is 5.55. The predicted molar refractivity (Wildman–Crippen MR) is 59.2 cm³/mol. The summed E-state index contributed by atoms with van der Waals surface area (Å²) in [6.07, 6.45) is -9.18. The highest BCUT2D eigenvalue weighted by Gasteiger charge is 2.30. The predicted octanol–water partition coefficient (Wildman–Crippen LogP) is 3.39. The van der Waals surface area contributed by atoms with Gasteiger partial charge < -0.3 is 9.47 Å². The number of carbonyl (C=O) groups excluding carboxylic acids is 1. The Kier molecular flexibility index (Phi) is 5.59. The number of ketones is 1. The van der Waals surface area contributed by atoms with Gasteiger partial charge in [-0.15, -0.1) is 0 Å². The van der Waals surface area contributed by atoms with Gasteiger partial charge in [0, 0.05) is 0 Å². The van der Waals surface area contributed by atoms with Gasteiger partial charge in [0.25, 0.3) is 0 Å². The van der Waals surface area contributed by atoms with Gasteiger partial charge in [-0.3, -0.25) is 4.79 Å². The van der Waals surface area contributed by atoms with Crippen molar-refractivity contribution >= 4 is 5.78 Å². The van der Waals surface area contributed by atoms with Gasteiger partial charge in [-0.1, -0.05) is 12.1 Å². The average Bonchev–Trinajstić information content (AvgIpc) is 2.34. The summed E-state index contributed by atoms with van der Waals surface area (Å²) in [7, 11) is 0. The first-order valence-electron chi connectivity index (χ1n) is 5.55. The Hall–Kier alpha value is -1.77. The van der Waals surface area contributed by atoms with E-state index in [2.05, 4.69) is 9.47 Å². The van der Waals surface area contributed by atoms with Crippen molar-refractivity contribution in [3.05, 3.63) is 29.8 Å². The van der Waals surface area contributed by atoms with Gasteiger partial charge in [-0.25, -0.2) is 0 Å². The zero-order valence-electron chi connectivity index (χ0n) is 10.4. The zero-order valence-corrected chi connectivity index (χ0v) is 10.4. The molecule has 0 radical (unpaired) electrons. The van der Waals surface area contributed by atoms with E-state index in [9.17, 15) is 31.1 Å². The second-order valence-electron chi connectivity index (χ2n) is 3.93. The van der Waals surface area contributed by atoms with Crippen LogP contribution in [0, 0.1) is 0 Å². The topological polar surface area (TPSA) is 35.5 Å². The molecule has 0 N–H and O–H groups in total. The Morgan fingerprint density at radius 3 is 2.10 bits per heavy atom. The molecule has 0 bridgehead atoms. The fraction of sp³-hybridized carbons (Fsp3) is 0.417. The van der Waals surface area contributed by atoms with E-state index in [1.54, 1.807) is 0 Å². The van der Waals surface area contributed by atoms with E-state index in [0.29, 0.717) is 0 Å². The number of rotatable bonds is 6. The van der Waals surface area contributed by atoms with Crippen LogP contribution in [0.15, 0.2) is 24.3 Å². The normalized spacial score (nSPS) is 12.3. The van der Waals surface area contributed by atoms with Gasteiger partial charge in [-0.2, -0.15) is 26.3 Å². The molecule has 0 amide bonds. The highest BCUT2D eigenvalue weighted by Crippen LogP contribution is 2.23. The van der Waals surface area contributed by atoms with Crippen molar-refractivity contribution in [1.82, 2.24) is 0 Å². The Bertz CT molecular complexity index is 481. The molecule has 0 aromatic heterocycles. The van der Waals surface area contributed by atoms with Crippen molar-refractivity contribution < 1.29 is 40.6 Å². The molecule has 0 spiro atoms. The van der Waals surface area contributed by atoms with Crippen molar-refractivity contribution in [3.63, 3.8) is 0 Å². The fourth-order valence-corrected chi connectivity index (χ4v) is 1.32. The molecule has 0 fully saturated rings. The molecular formula is C12H10F6O3. The molecule has 1 rings (SSSR count). The Morgan fingerprint density at radius 2 is 1.52 bits per heavy atom. The molecule has 21 heavy (non-hydrogen) atoms. The Morgan fingerprint density at radius 1 is 0.952 bits per heavy atom. The van der Waals surface area contributed by atoms with Crippen LogP contribution >= 0.6 is 0 Å². The number of ether oxygens (including phenoxy) is 2. The standard InChI is InChI=1S/C12H10F6O3/c13-11(14,15)6-20-5-9(19)8-3-1-2-4-10(8)21-7-12(16,17)18/h1-4H,5-7H2. The molecule has 0 unspecified atom stereocenters. The molecule has 0 aliphatic carbocycles. The molecule has 118 valence electrons. The average molecular weight is 316 g/mol. The molecule has 0 heterocycles. The quantitative estimate of drug-likeness (QED) is 0.596. The van der Waals surface area contributed by atoms with Crippen molar-refractivity contribution in [2.45, 2.75) is 12.4 Å². The maximum Gasteiger partial charge on any atom is 0.422 e. The minimum absolute atomic E-state index is 0.274. The van der Waals surface area contributed by atoms with Crippen LogP contribution in [0.4, 0.5) is 26.3 Å². The van der Waals surface area contributed by atoms with Crippen molar-refractivity contribution in [1.29, 1.82) is 0 Å². The van der Waals surface area contributed by atoms with Crippen LogP contribution in [0.25, 0.3) is 0 Å². The molecular weight excluding hydrogens is 306 g/mol. The highest BCUT2D eigenvalue weighted by molar-refractivity contribution is 5.99. The number of hydrogen-bond donors (Lipinski definition) is 0. The van der Waals surface area contributed by atoms with Gasteiger partial charge in [0.2, 0.25) is 0 Å². The summed E-state index contributed by atoms with van der Waals surface area (Å²) < 4.78 is 80.3. The Balaban J connectivity index is 2.67. The number of Topliss-reactive ketones (excluding diaryl/α,β-unsaturated/α-hetero) is 1. The number of alkyl halides is 6. The summed E-state index contributed by atoms with van der Waals surface area (Å²) in [5.74, 6) is -1.27. The number of halogens is 6. The van der Waals surface area contributed by atoms with Gasteiger partial charge in [0.1, 0.15) is 19.0 Å². The number of benzene rings is 1. The Labute approximate surface area is 115 Å². The van der Waals surface area contributed by atoms with E-state index in [0.717, 1.165) is 12.1 Å². The van der Waals surface area contributed by atoms with Gasteiger partial charge in [-0.05, 0) is 12.1 Å². The molecule has 3 nitrogen and oxygen atoms in total. The molecule has 0 aliphatic heterocycles. The van der Waals surface area contributed by atoms with Crippen LogP contribution in [0.2, 0.25) is 0 Å². The fourth-order valence-electron chi connectivity index (χ4n) is 1.32. The molecule has 0 aliphatic rings. The summed E-state index contributed by atoms with van der Waals surface area (Å²) in [5, 5.41) is 0. The first-order chi connectivity index (χ1) is 9.58. The number of hydrogen-bond acceptors (Lipinski definition) is 3. The van der Waals surface area contributed by atoms with Crippen LogP contribution in [-0.4, -0.2) is 38.0 Å². The van der Waals surface area contributed by atoms with Gasteiger partial charge in [0.05, 0.1) is 5.56 Å². The summed E-state index contributed by atoms with van der Waals surface area (Å²) >= 11 is 0. The van der Waals surface area contributed by atoms with Crippen molar-refractivity contribution in [2.24, 2.45) is 0 Å². The largest absolute Gasteiger partial charge is 0.483 e. The minimum Gasteiger partial charge on any atom is -0.483 e. The van der Waals surface area contributed by atoms with Gasteiger partial charge >= 0.3 is 12.4 Å². The second kappa shape index (κ2) is 6.79. The molecule has 9 heteroatoms. The van der Waals surface area contributed by atoms with Crippen LogP contribution in [0.5, 0.6) is 5.75 Å². The summed E-state index contributed by atoms with van der Waals surface area (Å²) in [4.78, 5) is 11.6. The minimum atomic E-state index is -4.59. The lowest BCUT2D eigenvalue weighted by molar-refractivity contribution is -0.171. The summed E-state index contributed by atoms with van der Waals surface area (Å²) in [5.41, 5.74) is -0.274. The van der Waals surface area contributed by atoms with E-state index < -0.39 is 38.0 Å². The lowest BCUT2D eigenvalue weighted by Gasteiger charge is -2.13. The lowest BCUT2D eigenvalue weighted by atomic mass is 10.1. The van der Waals surface area contributed by atoms with E-state index >= 15 is 0 Å². The van der Waals surface area contributed by atoms with Crippen LogP contribution in [0.1, 0.15) is 10.4 Å². The second-order valence-corrected chi connectivity index (χ2v) is 3.93.